The van der Waals surface area contributed by atoms with Crippen molar-refractivity contribution in [3.05, 3.63) is 75.4 Å². The van der Waals surface area contributed by atoms with Gasteiger partial charge in [-0.1, -0.05) is 13.0 Å². The van der Waals surface area contributed by atoms with Crippen LogP contribution in [0.25, 0.3) is 11.0 Å². The molecular formula is C23H21FO6. The predicted octanol–water partition coefficient (Wildman–Crippen LogP) is 4.35. The van der Waals surface area contributed by atoms with Crippen LogP contribution in [0.3, 0.4) is 0 Å². The van der Waals surface area contributed by atoms with Gasteiger partial charge in [0.2, 0.25) is 0 Å². The van der Waals surface area contributed by atoms with E-state index in [-0.39, 0.29) is 35.7 Å². The summed E-state index contributed by atoms with van der Waals surface area (Å²) in [5.74, 6) is -1.56. The van der Waals surface area contributed by atoms with E-state index in [0.29, 0.717) is 23.1 Å². The first kappa shape index (κ1) is 21.2. The highest BCUT2D eigenvalue weighted by Gasteiger charge is 2.17. The van der Waals surface area contributed by atoms with Gasteiger partial charge in [0.25, 0.3) is 0 Å². The molecular weight excluding hydrogens is 391 g/mol. The zero-order valence-corrected chi connectivity index (χ0v) is 16.7. The molecule has 0 amide bonds. The lowest BCUT2D eigenvalue weighted by molar-refractivity contribution is -0.143. The van der Waals surface area contributed by atoms with Gasteiger partial charge in [-0.3, -0.25) is 4.79 Å². The van der Waals surface area contributed by atoms with Crippen LogP contribution in [0.4, 0.5) is 4.39 Å². The lowest BCUT2D eigenvalue weighted by Gasteiger charge is -2.12. The van der Waals surface area contributed by atoms with Crippen molar-refractivity contribution >= 4 is 22.9 Å². The van der Waals surface area contributed by atoms with Crippen LogP contribution in [-0.2, 0) is 16.0 Å². The molecule has 0 N–H and O–H groups in total. The minimum absolute atomic E-state index is 0.0362. The van der Waals surface area contributed by atoms with Crippen molar-refractivity contribution in [1.82, 2.24) is 0 Å². The van der Waals surface area contributed by atoms with Crippen molar-refractivity contribution < 1.29 is 27.9 Å². The van der Waals surface area contributed by atoms with Crippen molar-refractivity contribution in [2.45, 2.75) is 33.1 Å². The average Bonchev–Trinajstić information content (AvgIpc) is 2.70. The topological polar surface area (TPSA) is 82.8 Å². The number of aryl methyl sites for hydroxylation is 2. The molecule has 0 unspecified atom stereocenters. The van der Waals surface area contributed by atoms with Crippen molar-refractivity contribution in [3.63, 3.8) is 0 Å². The van der Waals surface area contributed by atoms with E-state index >= 15 is 0 Å². The Morgan fingerprint density at radius 1 is 1.13 bits per heavy atom. The van der Waals surface area contributed by atoms with Crippen LogP contribution >= 0.6 is 0 Å². The van der Waals surface area contributed by atoms with Crippen LogP contribution in [-0.4, -0.2) is 18.5 Å². The molecule has 0 saturated carbocycles. The van der Waals surface area contributed by atoms with E-state index < -0.39 is 17.4 Å². The Hall–Kier alpha value is -3.48. The third kappa shape index (κ3) is 5.11. The van der Waals surface area contributed by atoms with E-state index in [1.807, 2.05) is 6.92 Å². The maximum absolute atomic E-state index is 13.4. The molecule has 0 saturated heterocycles. The van der Waals surface area contributed by atoms with Gasteiger partial charge in [0.05, 0.1) is 12.2 Å². The quantitative estimate of drug-likeness (QED) is 0.326. The first-order valence-electron chi connectivity index (χ1n) is 9.58. The van der Waals surface area contributed by atoms with E-state index in [0.717, 1.165) is 12.5 Å². The normalized spacial score (nSPS) is 10.8. The van der Waals surface area contributed by atoms with Gasteiger partial charge in [0.15, 0.2) is 0 Å². The summed E-state index contributed by atoms with van der Waals surface area (Å²) in [6.45, 7) is 4.00. The molecule has 0 aliphatic heterocycles. The first-order chi connectivity index (χ1) is 14.4. The summed E-state index contributed by atoms with van der Waals surface area (Å²) in [4.78, 5) is 36.1. The number of carbonyl (C=O) groups is 2. The molecule has 0 aliphatic rings. The van der Waals surface area contributed by atoms with Crippen molar-refractivity contribution in [2.24, 2.45) is 0 Å². The largest absolute Gasteiger partial charge is 0.466 e. The Morgan fingerprint density at radius 2 is 1.93 bits per heavy atom. The highest BCUT2D eigenvalue weighted by atomic mass is 19.1. The van der Waals surface area contributed by atoms with Gasteiger partial charge in [-0.15, -0.1) is 0 Å². The molecule has 30 heavy (non-hydrogen) atoms. The number of fused-ring (bicyclic) bond motifs is 1. The van der Waals surface area contributed by atoms with Gasteiger partial charge in [0, 0.05) is 23.9 Å². The van der Waals surface area contributed by atoms with E-state index in [4.69, 9.17) is 13.9 Å². The molecule has 6 nitrogen and oxygen atoms in total. The van der Waals surface area contributed by atoms with Crippen molar-refractivity contribution in [2.75, 3.05) is 6.61 Å². The second-order valence-electron chi connectivity index (χ2n) is 6.82. The number of halogens is 1. The fraction of sp³-hybridized carbons (Fsp3) is 0.261. The van der Waals surface area contributed by atoms with Gasteiger partial charge in [-0.05, 0) is 55.2 Å². The predicted molar refractivity (Wildman–Crippen MR) is 108 cm³/mol. The first-order valence-corrected chi connectivity index (χ1v) is 9.58. The minimum atomic E-state index is -0.765. The fourth-order valence-corrected chi connectivity index (χ4v) is 2.98. The third-order valence-corrected chi connectivity index (χ3v) is 4.46. The fourth-order valence-electron chi connectivity index (χ4n) is 2.98. The maximum atomic E-state index is 13.4. The lowest BCUT2D eigenvalue weighted by Crippen LogP contribution is -2.12. The monoisotopic (exact) mass is 412 g/mol. The van der Waals surface area contributed by atoms with Gasteiger partial charge < -0.3 is 13.9 Å². The van der Waals surface area contributed by atoms with E-state index in [2.05, 4.69) is 0 Å². The van der Waals surface area contributed by atoms with Crippen LogP contribution in [0.5, 0.6) is 5.75 Å². The summed E-state index contributed by atoms with van der Waals surface area (Å²) in [5.41, 5.74) is 1.02. The zero-order valence-electron chi connectivity index (χ0n) is 16.7. The Labute approximate surface area is 172 Å². The summed E-state index contributed by atoms with van der Waals surface area (Å²) < 4.78 is 29.2. The third-order valence-electron chi connectivity index (χ3n) is 4.46. The molecule has 2 aromatic carbocycles. The van der Waals surface area contributed by atoms with Crippen LogP contribution < -0.4 is 10.4 Å². The molecule has 156 valence electrons. The minimum Gasteiger partial charge on any atom is -0.466 e. The number of carbonyl (C=O) groups excluding carboxylic acids is 2. The molecule has 7 heteroatoms. The molecule has 0 fully saturated rings. The second kappa shape index (κ2) is 9.35. The maximum Gasteiger partial charge on any atom is 0.343 e. The van der Waals surface area contributed by atoms with Crippen molar-refractivity contribution in [1.29, 1.82) is 0 Å². The van der Waals surface area contributed by atoms with Gasteiger partial charge in [-0.2, -0.15) is 0 Å². The van der Waals surface area contributed by atoms with Gasteiger partial charge >= 0.3 is 17.6 Å². The molecule has 0 spiro atoms. The standard InChI is InChI=1S/C23H21FO6/c1-3-9-28-21(25)8-7-15-12-18-14(2)10-22(26)29-20(18)13-19(15)30-23(27)16-5-4-6-17(24)11-16/h4-6,10-13H,3,7-9H2,1-2H3. The zero-order chi connectivity index (χ0) is 21.7. The number of hydrogen-bond acceptors (Lipinski definition) is 6. The smallest absolute Gasteiger partial charge is 0.343 e. The molecule has 3 aromatic rings. The molecule has 0 atom stereocenters. The summed E-state index contributed by atoms with van der Waals surface area (Å²) >= 11 is 0. The van der Waals surface area contributed by atoms with Crippen molar-refractivity contribution in [3.8, 4) is 5.75 Å². The molecule has 3 rings (SSSR count). The SMILES string of the molecule is CCCOC(=O)CCc1cc2c(C)cc(=O)oc2cc1OC(=O)c1cccc(F)c1. The van der Waals surface area contributed by atoms with Gasteiger partial charge in [0.1, 0.15) is 17.1 Å². The highest BCUT2D eigenvalue weighted by molar-refractivity contribution is 5.92. The summed E-state index contributed by atoms with van der Waals surface area (Å²) in [5, 5.41) is 0.664. The molecule has 1 heterocycles. The number of benzene rings is 2. The number of rotatable bonds is 7. The average molecular weight is 412 g/mol. The Bertz CT molecular complexity index is 1150. The summed E-state index contributed by atoms with van der Waals surface area (Å²) in [6, 6.07) is 9.63. The molecule has 0 radical (unpaired) electrons. The Morgan fingerprint density at radius 3 is 2.67 bits per heavy atom. The molecule has 0 bridgehead atoms. The van der Waals surface area contributed by atoms with Crippen LogP contribution in [0.1, 0.15) is 41.3 Å². The summed E-state index contributed by atoms with van der Waals surface area (Å²) in [7, 11) is 0. The number of ether oxygens (including phenoxy) is 2. The Balaban J connectivity index is 1.95. The number of esters is 2. The van der Waals surface area contributed by atoms with E-state index in [1.54, 1.807) is 13.0 Å². The van der Waals surface area contributed by atoms with E-state index in [9.17, 15) is 18.8 Å². The van der Waals surface area contributed by atoms with Crippen LogP contribution in [0.15, 0.2) is 51.7 Å². The second-order valence-corrected chi connectivity index (χ2v) is 6.82. The van der Waals surface area contributed by atoms with Crippen LogP contribution in [0, 0.1) is 12.7 Å². The molecule has 0 aliphatic carbocycles. The van der Waals surface area contributed by atoms with E-state index in [1.165, 1.54) is 30.3 Å². The van der Waals surface area contributed by atoms with Gasteiger partial charge in [-0.25, -0.2) is 14.0 Å². The lowest BCUT2D eigenvalue weighted by atomic mass is 10.0. The molecule has 1 aromatic heterocycles. The van der Waals surface area contributed by atoms with Crippen LogP contribution in [0.2, 0.25) is 0 Å². The highest BCUT2D eigenvalue weighted by Crippen LogP contribution is 2.29. The summed E-state index contributed by atoms with van der Waals surface area (Å²) in [6.07, 6.45) is 1.06. The Kier molecular flexibility index (Phi) is 6.61. The number of hydrogen-bond donors (Lipinski definition) is 0.